The molecule has 0 aliphatic heterocycles. The summed E-state index contributed by atoms with van der Waals surface area (Å²) in [5.74, 6) is 0.496. The minimum absolute atomic E-state index is 0.0949. The first kappa shape index (κ1) is 18.9. The highest BCUT2D eigenvalue weighted by molar-refractivity contribution is 7.91. The predicted molar refractivity (Wildman–Crippen MR) is 90.4 cm³/mol. The number of halogens is 3. The van der Waals surface area contributed by atoms with E-state index < -0.39 is 27.2 Å². The van der Waals surface area contributed by atoms with Gasteiger partial charge in [0.2, 0.25) is 9.84 Å². The third-order valence-electron chi connectivity index (χ3n) is 4.75. The van der Waals surface area contributed by atoms with Crippen molar-refractivity contribution in [3.63, 3.8) is 0 Å². The van der Waals surface area contributed by atoms with Gasteiger partial charge in [0.1, 0.15) is 0 Å². The summed E-state index contributed by atoms with van der Waals surface area (Å²) in [5, 5.41) is 9.71. The average Bonchev–Trinajstić information content (AvgIpc) is 3.38. The first-order valence-corrected chi connectivity index (χ1v) is 9.74. The molecule has 0 spiro atoms. The van der Waals surface area contributed by atoms with Crippen LogP contribution in [0.5, 0.6) is 0 Å². The standard InChI is InChI=1S/C19H19F3O3S/c1-18(23,19(20,21)22)15-8-10-16(11-9-15)26(24,25)17-5-3-2-4-14(17)12-13-6-7-13/h2-5,8-11,13,23H,6-7,12H2,1H3. The van der Waals surface area contributed by atoms with Gasteiger partial charge in [0.05, 0.1) is 9.79 Å². The van der Waals surface area contributed by atoms with E-state index in [0.717, 1.165) is 42.7 Å². The van der Waals surface area contributed by atoms with Crippen molar-refractivity contribution in [3.8, 4) is 0 Å². The molecule has 1 fully saturated rings. The molecule has 0 amide bonds. The maximum Gasteiger partial charge on any atom is 0.421 e. The third kappa shape index (κ3) is 3.50. The molecular formula is C19H19F3O3S. The molecule has 26 heavy (non-hydrogen) atoms. The van der Waals surface area contributed by atoms with Crippen LogP contribution in [0.3, 0.4) is 0 Å². The minimum Gasteiger partial charge on any atom is -0.376 e. The highest BCUT2D eigenvalue weighted by Crippen LogP contribution is 2.39. The summed E-state index contributed by atoms with van der Waals surface area (Å²) in [4.78, 5) is 0.0877. The molecular weight excluding hydrogens is 365 g/mol. The second-order valence-electron chi connectivity index (χ2n) is 6.85. The molecule has 0 heterocycles. The van der Waals surface area contributed by atoms with Gasteiger partial charge in [-0.25, -0.2) is 8.42 Å². The van der Waals surface area contributed by atoms with Gasteiger partial charge >= 0.3 is 6.18 Å². The highest BCUT2D eigenvalue weighted by Gasteiger charge is 2.51. The molecule has 0 aromatic heterocycles. The van der Waals surface area contributed by atoms with Crippen LogP contribution in [0.4, 0.5) is 13.2 Å². The number of hydrogen-bond donors (Lipinski definition) is 1. The molecule has 0 saturated heterocycles. The van der Waals surface area contributed by atoms with Gasteiger partial charge in [-0.2, -0.15) is 13.2 Å². The van der Waals surface area contributed by atoms with Crippen LogP contribution in [0.2, 0.25) is 0 Å². The summed E-state index contributed by atoms with van der Waals surface area (Å²) in [7, 11) is -3.85. The molecule has 140 valence electrons. The summed E-state index contributed by atoms with van der Waals surface area (Å²) in [6.07, 6.45) is -2.02. The van der Waals surface area contributed by atoms with Gasteiger partial charge < -0.3 is 5.11 Å². The molecule has 3 rings (SSSR count). The number of aliphatic hydroxyl groups is 1. The van der Waals surface area contributed by atoms with Crippen molar-refractivity contribution in [2.45, 2.75) is 47.8 Å². The van der Waals surface area contributed by atoms with E-state index in [1.807, 2.05) is 0 Å². The Morgan fingerprint density at radius 3 is 2.15 bits per heavy atom. The monoisotopic (exact) mass is 384 g/mol. The molecule has 1 saturated carbocycles. The fraction of sp³-hybridized carbons (Fsp3) is 0.368. The van der Waals surface area contributed by atoms with E-state index in [-0.39, 0.29) is 9.79 Å². The maximum absolute atomic E-state index is 12.9. The van der Waals surface area contributed by atoms with Crippen LogP contribution in [0, 0.1) is 5.92 Å². The summed E-state index contributed by atoms with van der Waals surface area (Å²) >= 11 is 0. The van der Waals surface area contributed by atoms with Gasteiger partial charge in [-0.3, -0.25) is 0 Å². The van der Waals surface area contributed by atoms with Crippen LogP contribution in [0.25, 0.3) is 0 Å². The molecule has 1 N–H and O–H groups in total. The van der Waals surface area contributed by atoms with E-state index in [4.69, 9.17) is 0 Å². The first-order chi connectivity index (χ1) is 12.0. The molecule has 1 atom stereocenters. The van der Waals surface area contributed by atoms with E-state index in [1.165, 1.54) is 6.07 Å². The van der Waals surface area contributed by atoms with E-state index in [0.29, 0.717) is 19.3 Å². The Hall–Kier alpha value is -1.86. The van der Waals surface area contributed by atoms with Gasteiger partial charge in [0.15, 0.2) is 5.60 Å². The smallest absolute Gasteiger partial charge is 0.376 e. The molecule has 1 unspecified atom stereocenters. The second-order valence-corrected chi connectivity index (χ2v) is 8.77. The van der Waals surface area contributed by atoms with E-state index in [1.54, 1.807) is 18.2 Å². The van der Waals surface area contributed by atoms with Crippen molar-refractivity contribution in [3.05, 3.63) is 59.7 Å². The number of rotatable bonds is 5. The first-order valence-electron chi connectivity index (χ1n) is 8.26. The van der Waals surface area contributed by atoms with Crippen LogP contribution in [-0.2, 0) is 21.9 Å². The number of benzene rings is 2. The van der Waals surface area contributed by atoms with Crippen molar-refractivity contribution in [2.24, 2.45) is 5.92 Å². The van der Waals surface area contributed by atoms with Gasteiger partial charge in [0.25, 0.3) is 0 Å². The predicted octanol–water partition coefficient (Wildman–Crippen LogP) is 4.24. The fourth-order valence-corrected chi connectivity index (χ4v) is 4.32. The SMILES string of the molecule is CC(O)(c1ccc(S(=O)(=O)c2ccccc2CC2CC2)cc1)C(F)(F)F. The van der Waals surface area contributed by atoms with Crippen molar-refractivity contribution < 1.29 is 26.7 Å². The molecule has 1 aliphatic rings. The van der Waals surface area contributed by atoms with Gasteiger partial charge in [-0.15, -0.1) is 0 Å². The maximum atomic E-state index is 12.9. The van der Waals surface area contributed by atoms with Gasteiger partial charge in [-0.05, 0) is 61.4 Å². The Bertz CT molecular complexity index is 896. The normalized spacial score (nSPS) is 17.7. The van der Waals surface area contributed by atoms with Crippen LogP contribution in [-0.4, -0.2) is 19.7 Å². The largest absolute Gasteiger partial charge is 0.421 e. The lowest BCUT2D eigenvalue weighted by Gasteiger charge is -2.26. The fourth-order valence-electron chi connectivity index (χ4n) is 2.82. The van der Waals surface area contributed by atoms with Crippen molar-refractivity contribution >= 4 is 9.84 Å². The van der Waals surface area contributed by atoms with Crippen LogP contribution in [0.15, 0.2) is 58.3 Å². The molecule has 7 heteroatoms. The minimum atomic E-state index is -4.86. The average molecular weight is 384 g/mol. The molecule has 2 aromatic carbocycles. The lowest BCUT2D eigenvalue weighted by Crippen LogP contribution is -2.39. The van der Waals surface area contributed by atoms with E-state index >= 15 is 0 Å². The number of hydrogen-bond acceptors (Lipinski definition) is 3. The Labute approximate surface area is 150 Å². The zero-order valence-electron chi connectivity index (χ0n) is 14.1. The van der Waals surface area contributed by atoms with E-state index in [2.05, 4.69) is 0 Å². The van der Waals surface area contributed by atoms with Crippen LogP contribution >= 0.6 is 0 Å². The summed E-state index contributed by atoms with van der Waals surface area (Å²) in [6, 6.07) is 10.9. The number of sulfone groups is 1. The van der Waals surface area contributed by atoms with Crippen molar-refractivity contribution in [1.82, 2.24) is 0 Å². The molecule has 3 nitrogen and oxygen atoms in total. The Morgan fingerprint density at radius 2 is 1.62 bits per heavy atom. The third-order valence-corrected chi connectivity index (χ3v) is 6.62. The zero-order valence-corrected chi connectivity index (χ0v) is 14.9. The lowest BCUT2D eigenvalue weighted by atomic mass is 9.96. The van der Waals surface area contributed by atoms with Crippen molar-refractivity contribution in [2.75, 3.05) is 0 Å². The Balaban J connectivity index is 1.96. The zero-order chi connectivity index (χ0) is 19.2. The van der Waals surface area contributed by atoms with E-state index in [9.17, 15) is 26.7 Å². The quantitative estimate of drug-likeness (QED) is 0.839. The van der Waals surface area contributed by atoms with Crippen molar-refractivity contribution in [1.29, 1.82) is 0 Å². The lowest BCUT2D eigenvalue weighted by molar-refractivity contribution is -0.258. The summed E-state index contributed by atoms with van der Waals surface area (Å²) in [6.45, 7) is 0.640. The highest BCUT2D eigenvalue weighted by atomic mass is 32.2. The molecule has 0 bridgehead atoms. The van der Waals surface area contributed by atoms with Crippen LogP contribution in [0.1, 0.15) is 30.9 Å². The Morgan fingerprint density at radius 1 is 1.04 bits per heavy atom. The number of alkyl halides is 3. The summed E-state index contributed by atoms with van der Waals surface area (Å²) in [5.41, 5.74) is -2.73. The van der Waals surface area contributed by atoms with Crippen LogP contribution < -0.4 is 0 Å². The van der Waals surface area contributed by atoms with Gasteiger partial charge in [0, 0.05) is 0 Å². The molecule has 1 aliphatic carbocycles. The second kappa shape index (κ2) is 6.39. The summed E-state index contributed by atoms with van der Waals surface area (Å²) < 4.78 is 64.7. The molecule has 2 aromatic rings. The molecule has 0 radical (unpaired) electrons. The van der Waals surface area contributed by atoms with Gasteiger partial charge in [-0.1, -0.05) is 30.3 Å². The Kier molecular flexibility index (Phi) is 4.65. The topological polar surface area (TPSA) is 54.4 Å².